The molecule has 0 aromatic heterocycles. The Labute approximate surface area is 200 Å². The molecule has 2 aromatic carbocycles. The number of ether oxygens (including phenoxy) is 2. The molecular formula is C26H32N2O6. The van der Waals surface area contributed by atoms with Gasteiger partial charge in [0, 0.05) is 0 Å². The van der Waals surface area contributed by atoms with Crippen LogP contribution in [0.3, 0.4) is 0 Å². The summed E-state index contributed by atoms with van der Waals surface area (Å²) in [5.41, 5.74) is 0.854. The van der Waals surface area contributed by atoms with Crippen molar-refractivity contribution in [3.05, 3.63) is 71.8 Å². The van der Waals surface area contributed by atoms with E-state index in [1.807, 2.05) is 48.5 Å². The molecule has 0 aliphatic heterocycles. The van der Waals surface area contributed by atoms with E-state index in [1.165, 1.54) is 6.92 Å². The smallest absolute Gasteiger partial charge is 0.408 e. The average Bonchev–Trinajstić information content (AvgIpc) is 2.77. The third-order valence-corrected chi connectivity index (χ3v) is 4.71. The molecule has 0 aliphatic rings. The maximum Gasteiger partial charge on any atom is 0.408 e. The lowest BCUT2D eigenvalue weighted by atomic mass is 10.0. The van der Waals surface area contributed by atoms with E-state index in [9.17, 15) is 19.2 Å². The van der Waals surface area contributed by atoms with Crippen molar-refractivity contribution < 1.29 is 28.7 Å². The lowest BCUT2D eigenvalue weighted by Crippen LogP contribution is -2.53. The third-order valence-electron chi connectivity index (χ3n) is 4.71. The van der Waals surface area contributed by atoms with Crippen LogP contribution in [-0.4, -0.2) is 41.4 Å². The van der Waals surface area contributed by atoms with Crippen LogP contribution in [0, 0.1) is 0 Å². The number of benzene rings is 2. The molecule has 2 atom stereocenters. The number of esters is 1. The van der Waals surface area contributed by atoms with Gasteiger partial charge in [-0.2, -0.15) is 0 Å². The van der Waals surface area contributed by atoms with Gasteiger partial charge in [-0.1, -0.05) is 60.7 Å². The fourth-order valence-corrected chi connectivity index (χ4v) is 3.04. The molecule has 8 nitrogen and oxygen atoms in total. The SMILES string of the molecule is CC(=O)C(Cc1ccccc1)NC(=O)C(CC(=O)OCc1ccccc1)NC(=O)OC(C)(C)C. The normalized spacial score (nSPS) is 12.7. The zero-order valence-electron chi connectivity index (χ0n) is 20.0. The Balaban J connectivity index is 2.09. The highest BCUT2D eigenvalue weighted by Crippen LogP contribution is 2.10. The second-order valence-corrected chi connectivity index (χ2v) is 8.91. The number of alkyl carbamates (subject to hydrolysis) is 1. The van der Waals surface area contributed by atoms with E-state index in [0.29, 0.717) is 0 Å². The van der Waals surface area contributed by atoms with Gasteiger partial charge in [-0.15, -0.1) is 0 Å². The van der Waals surface area contributed by atoms with Crippen molar-refractivity contribution >= 4 is 23.8 Å². The Bertz CT molecular complexity index is 970. The number of nitrogens with one attached hydrogen (secondary N) is 2. The van der Waals surface area contributed by atoms with Crippen molar-refractivity contribution in [3.8, 4) is 0 Å². The Hall–Kier alpha value is -3.68. The molecule has 2 amide bonds. The molecule has 2 aromatic rings. The molecule has 0 aliphatic carbocycles. The highest BCUT2D eigenvalue weighted by molar-refractivity contribution is 5.93. The molecule has 0 fully saturated rings. The molecule has 182 valence electrons. The van der Waals surface area contributed by atoms with E-state index in [4.69, 9.17) is 9.47 Å². The van der Waals surface area contributed by atoms with Gasteiger partial charge in [0.05, 0.1) is 12.5 Å². The fraction of sp³-hybridized carbons (Fsp3) is 0.385. The summed E-state index contributed by atoms with van der Waals surface area (Å²) < 4.78 is 10.5. The number of rotatable bonds is 10. The summed E-state index contributed by atoms with van der Waals surface area (Å²) in [7, 11) is 0. The van der Waals surface area contributed by atoms with Gasteiger partial charge < -0.3 is 20.1 Å². The summed E-state index contributed by atoms with van der Waals surface area (Å²) in [6.45, 7) is 6.45. The van der Waals surface area contributed by atoms with E-state index >= 15 is 0 Å². The van der Waals surface area contributed by atoms with E-state index in [1.54, 1.807) is 32.9 Å². The molecule has 34 heavy (non-hydrogen) atoms. The second-order valence-electron chi connectivity index (χ2n) is 8.91. The minimum absolute atomic E-state index is 0.0323. The van der Waals surface area contributed by atoms with Crippen molar-refractivity contribution in [3.63, 3.8) is 0 Å². The maximum atomic E-state index is 13.0. The Kier molecular flexibility index (Phi) is 9.79. The molecular weight excluding hydrogens is 436 g/mol. The third kappa shape index (κ3) is 9.85. The lowest BCUT2D eigenvalue weighted by molar-refractivity contribution is -0.147. The lowest BCUT2D eigenvalue weighted by Gasteiger charge is -2.24. The van der Waals surface area contributed by atoms with Gasteiger partial charge in [-0.05, 0) is 45.2 Å². The summed E-state index contributed by atoms with van der Waals surface area (Å²) in [5, 5.41) is 5.07. The van der Waals surface area contributed by atoms with Gasteiger partial charge in [-0.25, -0.2) is 4.79 Å². The largest absolute Gasteiger partial charge is 0.461 e. The molecule has 2 N–H and O–H groups in total. The Morgan fingerprint density at radius 3 is 1.91 bits per heavy atom. The van der Waals surface area contributed by atoms with E-state index in [0.717, 1.165) is 11.1 Å². The number of carbonyl (C=O) groups is 4. The first-order chi connectivity index (χ1) is 16.0. The van der Waals surface area contributed by atoms with Crippen LogP contribution in [0.4, 0.5) is 4.79 Å². The molecule has 0 saturated carbocycles. The Morgan fingerprint density at radius 2 is 1.38 bits per heavy atom. The van der Waals surface area contributed by atoms with E-state index in [-0.39, 0.29) is 18.8 Å². The topological polar surface area (TPSA) is 111 Å². The maximum absolute atomic E-state index is 13.0. The summed E-state index contributed by atoms with van der Waals surface area (Å²) in [6.07, 6.45) is -1.00. The van der Waals surface area contributed by atoms with Crippen LogP contribution in [0.25, 0.3) is 0 Å². The summed E-state index contributed by atoms with van der Waals surface area (Å²) in [4.78, 5) is 50.0. The van der Waals surface area contributed by atoms with E-state index < -0.39 is 42.1 Å². The molecule has 0 radical (unpaired) electrons. The van der Waals surface area contributed by atoms with Crippen LogP contribution in [0.1, 0.15) is 45.2 Å². The van der Waals surface area contributed by atoms with Crippen LogP contribution in [0.5, 0.6) is 0 Å². The molecule has 8 heteroatoms. The zero-order chi connectivity index (χ0) is 25.1. The predicted molar refractivity (Wildman–Crippen MR) is 127 cm³/mol. The van der Waals surface area contributed by atoms with Crippen molar-refractivity contribution in [2.75, 3.05) is 0 Å². The zero-order valence-corrected chi connectivity index (χ0v) is 20.0. The van der Waals surface area contributed by atoms with Gasteiger partial charge in [0.25, 0.3) is 0 Å². The van der Waals surface area contributed by atoms with Gasteiger partial charge >= 0.3 is 12.1 Å². The quantitative estimate of drug-likeness (QED) is 0.518. The first kappa shape index (κ1) is 26.6. The fourth-order valence-electron chi connectivity index (χ4n) is 3.04. The van der Waals surface area contributed by atoms with Crippen LogP contribution >= 0.6 is 0 Å². The minimum Gasteiger partial charge on any atom is -0.461 e. The van der Waals surface area contributed by atoms with Crippen LogP contribution in [0.2, 0.25) is 0 Å². The number of amides is 2. The predicted octanol–water partition coefficient (Wildman–Crippen LogP) is 3.33. The number of ketones is 1. The van der Waals surface area contributed by atoms with Crippen molar-refractivity contribution in [1.29, 1.82) is 0 Å². The summed E-state index contributed by atoms with van der Waals surface area (Å²) in [6, 6.07) is 16.2. The second kappa shape index (κ2) is 12.5. The van der Waals surface area contributed by atoms with Crippen LogP contribution < -0.4 is 10.6 Å². The first-order valence-corrected chi connectivity index (χ1v) is 11.1. The number of hydrogen-bond acceptors (Lipinski definition) is 6. The number of Topliss-reactive ketones (excluding diaryl/α,β-unsaturated/α-hetero) is 1. The Morgan fingerprint density at radius 1 is 0.824 bits per heavy atom. The monoisotopic (exact) mass is 468 g/mol. The van der Waals surface area contributed by atoms with Gasteiger partial charge in [0.1, 0.15) is 18.2 Å². The number of hydrogen-bond donors (Lipinski definition) is 2. The van der Waals surface area contributed by atoms with Gasteiger partial charge in [0.15, 0.2) is 5.78 Å². The summed E-state index contributed by atoms with van der Waals surface area (Å²) in [5.74, 6) is -1.61. The molecule has 2 rings (SSSR count). The molecule has 0 saturated heterocycles. The van der Waals surface area contributed by atoms with Gasteiger partial charge in [0.2, 0.25) is 5.91 Å². The van der Waals surface area contributed by atoms with Crippen molar-refractivity contribution in [2.24, 2.45) is 0 Å². The average molecular weight is 469 g/mol. The number of carbonyl (C=O) groups excluding carboxylic acids is 4. The molecule has 0 heterocycles. The van der Waals surface area contributed by atoms with Crippen molar-refractivity contribution in [1.82, 2.24) is 10.6 Å². The van der Waals surface area contributed by atoms with Crippen LogP contribution in [-0.2, 0) is 36.9 Å². The molecule has 2 unspecified atom stereocenters. The highest BCUT2D eigenvalue weighted by Gasteiger charge is 2.29. The molecule has 0 bridgehead atoms. The summed E-state index contributed by atoms with van der Waals surface area (Å²) >= 11 is 0. The van der Waals surface area contributed by atoms with E-state index in [2.05, 4.69) is 10.6 Å². The van der Waals surface area contributed by atoms with Crippen molar-refractivity contribution in [2.45, 2.75) is 64.8 Å². The van der Waals surface area contributed by atoms with Crippen LogP contribution in [0.15, 0.2) is 60.7 Å². The van der Waals surface area contributed by atoms with Gasteiger partial charge in [-0.3, -0.25) is 14.4 Å². The standard InChI is InChI=1S/C26H32N2O6/c1-18(29)21(15-19-11-7-5-8-12-19)27-24(31)22(28-25(32)34-26(2,3)4)16-23(30)33-17-20-13-9-6-10-14-20/h5-14,21-22H,15-17H2,1-4H3,(H,27,31)(H,28,32). The molecule has 0 spiro atoms. The minimum atomic E-state index is -1.28. The highest BCUT2D eigenvalue weighted by atomic mass is 16.6. The first-order valence-electron chi connectivity index (χ1n) is 11.1.